The monoisotopic (exact) mass is 212 g/mol. The topological polar surface area (TPSA) is 8.88 Å². The van der Waals surface area contributed by atoms with Crippen molar-refractivity contribution in [2.75, 3.05) is 14.1 Å². The summed E-state index contributed by atoms with van der Waals surface area (Å²) >= 11 is 0. The van der Waals surface area contributed by atoms with Crippen LogP contribution in [0, 0.1) is 0 Å². The first-order chi connectivity index (χ1) is 7.79. The van der Waals surface area contributed by atoms with E-state index in [1.165, 1.54) is 32.5 Å². The largest absolute Gasteiger partial charge is 0.262 e. The molecule has 0 bridgehead atoms. The molecule has 2 nitrogen and oxygen atoms in total. The van der Waals surface area contributed by atoms with E-state index in [1.807, 2.05) is 0 Å². The molecule has 2 aromatic carbocycles. The summed E-state index contributed by atoms with van der Waals surface area (Å²) in [6.45, 7) is 0. The predicted molar refractivity (Wildman–Crippen MR) is 65.3 cm³/mol. The molecule has 80 valence electrons. The van der Waals surface area contributed by atoms with E-state index in [0.717, 1.165) is 0 Å². The SMILES string of the molecule is C[NH+]1c2ccccc2[NH+](C)c2ccccc21. The van der Waals surface area contributed by atoms with Crippen LogP contribution in [0.3, 0.4) is 0 Å². The number of hydrogen-bond donors (Lipinski definition) is 2. The van der Waals surface area contributed by atoms with Gasteiger partial charge in [-0.05, 0) is 0 Å². The summed E-state index contributed by atoms with van der Waals surface area (Å²) in [6.07, 6.45) is 0. The lowest BCUT2D eigenvalue weighted by Gasteiger charge is -2.26. The maximum atomic E-state index is 2.21. The molecule has 0 unspecified atom stereocenters. The number of para-hydroxylation sites is 4. The molecular formula is C14H16N2+2. The van der Waals surface area contributed by atoms with Gasteiger partial charge in [-0.15, -0.1) is 0 Å². The zero-order valence-electron chi connectivity index (χ0n) is 9.62. The number of benzene rings is 2. The number of rotatable bonds is 0. The Bertz CT molecular complexity index is 438. The summed E-state index contributed by atoms with van der Waals surface area (Å²) in [7, 11) is 4.42. The van der Waals surface area contributed by atoms with Crippen LogP contribution in [0.25, 0.3) is 0 Å². The smallest absolute Gasteiger partial charge is 0.198 e. The fourth-order valence-corrected chi connectivity index (χ4v) is 2.56. The molecule has 0 aliphatic carbocycles. The van der Waals surface area contributed by atoms with E-state index in [9.17, 15) is 0 Å². The van der Waals surface area contributed by atoms with Gasteiger partial charge in [0.05, 0.1) is 14.1 Å². The number of hydrogen-bond acceptors (Lipinski definition) is 0. The minimum absolute atomic E-state index is 1.37. The summed E-state index contributed by atoms with van der Waals surface area (Å²) in [5.41, 5.74) is 5.50. The van der Waals surface area contributed by atoms with Gasteiger partial charge in [0.15, 0.2) is 22.7 Å². The van der Waals surface area contributed by atoms with Gasteiger partial charge in [0.25, 0.3) is 0 Å². The molecule has 2 N–H and O–H groups in total. The average Bonchev–Trinajstić information content (AvgIpc) is 2.36. The molecule has 3 rings (SSSR count). The molecule has 0 amide bonds. The number of nitrogens with one attached hydrogen (secondary N) is 2. The van der Waals surface area contributed by atoms with Crippen LogP contribution in [0.5, 0.6) is 0 Å². The molecule has 0 atom stereocenters. The molecule has 1 aliphatic rings. The number of quaternary nitrogens is 2. The third-order valence-corrected chi connectivity index (χ3v) is 3.47. The van der Waals surface area contributed by atoms with Crippen molar-refractivity contribution in [3.63, 3.8) is 0 Å². The Morgan fingerprint density at radius 1 is 0.562 bits per heavy atom. The summed E-state index contributed by atoms with van der Waals surface area (Å²) in [6, 6.07) is 17.3. The van der Waals surface area contributed by atoms with Gasteiger partial charge in [0, 0.05) is 24.3 Å². The van der Waals surface area contributed by atoms with E-state index in [1.54, 1.807) is 0 Å². The van der Waals surface area contributed by atoms with Crippen molar-refractivity contribution in [2.24, 2.45) is 0 Å². The van der Waals surface area contributed by atoms with Crippen LogP contribution >= 0.6 is 0 Å². The van der Waals surface area contributed by atoms with Gasteiger partial charge in [-0.25, -0.2) is 0 Å². The fourth-order valence-electron chi connectivity index (χ4n) is 2.56. The lowest BCUT2D eigenvalue weighted by Crippen LogP contribution is -3.09. The first-order valence-corrected chi connectivity index (χ1v) is 5.65. The molecule has 2 aromatic rings. The summed E-state index contributed by atoms with van der Waals surface area (Å²) in [5, 5.41) is 0. The van der Waals surface area contributed by atoms with Gasteiger partial charge in [-0.2, -0.15) is 0 Å². The lowest BCUT2D eigenvalue weighted by molar-refractivity contribution is -0.797. The Labute approximate surface area is 95.7 Å². The highest BCUT2D eigenvalue weighted by Crippen LogP contribution is 2.25. The van der Waals surface area contributed by atoms with E-state index < -0.39 is 0 Å². The molecule has 2 heteroatoms. The maximum absolute atomic E-state index is 2.21. The Kier molecular flexibility index (Phi) is 2.06. The average molecular weight is 212 g/mol. The number of fused-ring (bicyclic) bond motifs is 2. The fraction of sp³-hybridized carbons (Fsp3) is 0.143. The van der Waals surface area contributed by atoms with Gasteiger partial charge in [0.1, 0.15) is 0 Å². The van der Waals surface area contributed by atoms with E-state index in [2.05, 4.69) is 62.6 Å². The van der Waals surface area contributed by atoms with Crippen molar-refractivity contribution < 1.29 is 9.80 Å². The Balaban J connectivity index is 2.26. The van der Waals surface area contributed by atoms with Crippen LogP contribution in [-0.2, 0) is 0 Å². The molecule has 0 aromatic heterocycles. The molecule has 0 fully saturated rings. The molecule has 1 aliphatic heterocycles. The molecule has 0 saturated heterocycles. The highest BCUT2D eigenvalue weighted by atomic mass is 15.2. The zero-order chi connectivity index (χ0) is 11.1. The van der Waals surface area contributed by atoms with Crippen molar-refractivity contribution in [3.05, 3.63) is 48.5 Å². The van der Waals surface area contributed by atoms with Crippen LogP contribution < -0.4 is 9.80 Å². The summed E-state index contributed by atoms with van der Waals surface area (Å²) in [4.78, 5) is 2.77. The second-order valence-electron chi connectivity index (χ2n) is 4.34. The van der Waals surface area contributed by atoms with Crippen LogP contribution in [0.1, 0.15) is 0 Å². The van der Waals surface area contributed by atoms with Crippen molar-refractivity contribution in [1.29, 1.82) is 0 Å². The summed E-state index contributed by atoms with van der Waals surface area (Å²) in [5.74, 6) is 0. The quantitative estimate of drug-likeness (QED) is 0.643. The highest BCUT2D eigenvalue weighted by Gasteiger charge is 2.32. The van der Waals surface area contributed by atoms with E-state index in [0.29, 0.717) is 0 Å². The van der Waals surface area contributed by atoms with Gasteiger partial charge in [0.2, 0.25) is 0 Å². The molecule has 0 spiro atoms. The van der Waals surface area contributed by atoms with Gasteiger partial charge < -0.3 is 0 Å². The molecular weight excluding hydrogens is 196 g/mol. The molecule has 1 heterocycles. The van der Waals surface area contributed by atoms with Crippen LogP contribution in [-0.4, -0.2) is 14.1 Å². The molecule has 16 heavy (non-hydrogen) atoms. The second-order valence-corrected chi connectivity index (χ2v) is 4.34. The van der Waals surface area contributed by atoms with Gasteiger partial charge in [-0.3, -0.25) is 9.80 Å². The molecule has 0 saturated carbocycles. The Morgan fingerprint density at radius 2 is 0.812 bits per heavy atom. The maximum Gasteiger partial charge on any atom is 0.198 e. The van der Waals surface area contributed by atoms with Gasteiger partial charge in [-0.1, -0.05) is 24.3 Å². The van der Waals surface area contributed by atoms with Crippen LogP contribution in [0.2, 0.25) is 0 Å². The first-order valence-electron chi connectivity index (χ1n) is 5.65. The van der Waals surface area contributed by atoms with Crippen LogP contribution in [0.15, 0.2) is 48.5 Å². The predicted octanol–water partition coefficient (Wildman–Crippen LogP) is 0.956. The van der Waals surface area contributed by atoms with Crippen LogP contribution in [0.4, 0.5) is 22.7 Å². The highest BCUT2D eigenvalue weighted by molar-refractivity contribution is 5.64. The Hall–Kier alpha value is -1.64. The van der Waals surface area contributed by atoms with E-state index in [4.69, 9.17) is 0 Å². The zero-order valence-corrected chi connectivity index (χ0v) is 9.62. The first kappa shape index (κ1) is 9.58. The van der Waals surface area contributed by atoms with Crippen molar-refractivity contribution in [3.8, 4) is 0 Å². The minimum atomic E-state index is 1.37. The second kappa shape index (κ2) is 3.44. The summed E-state index contributed by atoms with van der Waals surface area (Å²) < 4.78 is 0. The third kappa shape index (κ3) is 1.21. The van der Waals surface area contributed by atoms with Crippen molar-refractivity contribution >= 4 is 22.7 Å². The van der Waals surface area contributed by atoms with E-state index >= 15 is 0 Å². The normalized spacial score (nSPS) is 22.4. The minimum Gasteiger partial charge on any atom is -0.262 e. The third-order valence-electron chi connectivity index (χ3n) is 3.47. The standard InChI is InChI=1S/C14H14N2/c1-15-11-7-3-5-9-13(11)16(2)14-10-6-4-8-12(14)15/h3-10H,1-2H3/p+2. The molecule has 0 radical (unpaired) electrons. The van der Waals surface area contributed by atoms with Crippen molar-refractivity contribution in [2.45, 2.75) is 0 Å². The Morgan fingerprint density at radius 3 is 1.06 bits per heavy atom. The van der Waals surface area contributed by atoms with Crippen molar-refractivity contribution in [1.82, 2.24) is 0 Å². The van der Waals surface area contributed by atoms with E-state index in [-0.39, 0.29) is 0 Å². The van der Waals surface area contributed by atoms with Gasteiger partial charge >= 0.3 is 0 Å². The lowest BCUT2D eigenvalue weighted by atomic mass is 10.1.